The summed E-state index contributed by atoms with van der Waals surface area (Å²) in [6.45, 7) is 1.06. The van der Waals surface area contributed by atoms with E-state index in [4.69, 9.17) is 10.8 Å². The van der Waals surface area contributed by atoms with Gasteiger partial charge in [0, 0.05) is 13.0 Å². The van der Waals surface area contributed by atoms with Crippen LogP contribution in [0.3, 0.4) is 0 Å². The Morgan fingerprint density at radius 3 is 2.71 bits per heavy atom. The lowest BCUT2D eigenvalue weighted by Crippen LogP contribution is -2.23. The van der Waals surface area contributed by atoms with Crippen LogP contribution < -0.4 is 11.1 Å². The molecule has 96 valence electrons. The van der Waals surface area contributed by atoms with Gasteiger partial charge in [0.25, 0.3) is 0 Å². The average molecular weight is 259 g/mol. The van der Waals surface area contributed by atoms with Crippen molar-refractivity contribution in [2.45, 2.75) is 26.0 Å². The Morgan fingerprint density at radius 1 is 1.35 bits per heavy atom. The molecule has 0 saturated heterocycles. The molecule has 0 bridgehead atoms. The summed E-state index contributed by atoms with van der Waals surface area (Å²) in [6.07, 6.45) is 1.18. The molecular formula is C12H19ClN2O2. The molecule has 0 fully saturated rings. The number of carbonyl (C=O) groups is 1. The van der Waals surface area contributed by atoms with E-state index < -0.39 is 0 Å². The summed E-state index contributed by atoms with van der Waals surface area (Å²) in [5.74, 6) is 0.0138. The van der Waals surface area contributed by atoms with Crippen molar-refractivity contribution in [1.29, 1.82) is 0 Å². The number of hydrogen-bond acceptors (Lipinski definition) is 3. The van der Waals surface area contributed by atoms with Crippen molar-refractivity contribution in [3.05, 3.63) is 35.4 Å². The SMILES string of the molecule is Cl.NCCCC(=O)NCc1cccc(CO)c1. The first kappa shape index (κ1) is 15.9. The zero-order valence-corrected chi connectivity index (χ0v) is 10.5. The topological polar surface area (TPSA) is 75.4 Å². The van der Waals surface area contributed by atoms with Crippen molar-refractivity contribution in [3.8, 4) is 0 Å². The van der Waals surface area contributed by atoms with E-state index >= 15 is 0 Å². The van der Waals surface area contributed by atoms with Crippen LogP contribution in [0.4, 0.5) is 0 Å². The molecule has 4 N–H and O–H groups in total. The normalized spacial score (nSPS) is 9.53. The van der Waals surface area contributed by atoms with Gasteiger partial charge in [0.2, 0.25) is 5.91 Å². The summed E-state index contributed by atoms with van der Waals surface area (Å²) in [5, 5.41) is 11.8. The van der Waals surface area contributed by atoms with Crippen molar-refractivity contribution < 1.29 is 9.90 Å². The molecule has 1 rings (SSSR count). The lowest BCUT2D eigenvalue weighted by atomic mass is 10.1. The first-order valence-electron chi connectivity index (χ1n) is 5.41. The summed E-state index contributed by atoms with van der Waals surface area (Å²) in [6, 6.07) is 7.51. The third-order valence-electron chi connectivity index (χ3n) is 2.27. The maximum absolute atomic E-state index is 11.3. The highest BCUT2D eigenvalue weighted by molar-refractivity contribution is 5.85. The molecule has 1 amide bonds. The Kier molecular flexibility index (Phi) is 8.40. The molecule has 0 aliphatic carbocycles. The molecule has 1 aromatic carbocycles. The van der Waals surface area contributed by atoms with E-state index in [-0.39, 0.29) is 24.9 Å². The molecule has 0 unspecified atom stereocenters. The van der Waals surface area contributed by atoms with E-state index in [2.05, 4.69) is 5.32 Å². The van der Waals surface area contributed by atoms with Gasteiger partial charge in [-0.15, -0.1) is 12.4 Å². The van der Waals surface area contributed by atoms with E-state index in [1.54, 1.807) is 0 Å². The van der Waals surface area contributed by atoms with Gasteiger partial charge in [0.1, 0.15) is 0 Å². The minimum atomic E-state index is 0. The van der Waals surface area contributed by atoms with Crippen molar-refractivity contribution in [2.75, 3.05) is 6.54 Å². The zero-order valence-electron chi connectivity index (χ0n) is 9.69. The van der Waals surface area contributed by atoms with Crippen molar-refractivity contribution in [3.63, 3.8) is 0 Å². The van der Waals surface area contributed by atoms with Crippen molar-refractivity contribution in [2.24, 2.45) is 5.73 Å². The lowest BCUT2D eigenvalue weighted by Gasteiger charge is -2.06. The largest absolute Gasteiger partial charge is 0.392 e. The number of carbonyl (C=O) groups excluding carboxylic acids is 1. The Morgan fingerprint density at radius 2 is 2.06 bits per heavy atom. The third-order valence-corrected chi connectivity index (χ3v) is 2.27. The maximum atomic E-state index is 11.3. The molecule has 17 heavy (non-hydrogen) atoms. The van der Waals surface area contributed by atoms with Crippen LogP contribution in [0.25, 0.3) is 0 Å². The monoisotopic (exact) mass is 258 g/mol. The zero-order chi connectivity index (χ0) is 11.8. The first-order valence-corrected chi connectivity index (χ1v) is 5.41. The van der Waals surface area contributed by atoms with Gasteiger partial charge in [-0.1, -0.05) is 24.3 Å². The number of aliphatic hydroxyl groups excluding tert-OH is 1. The minimum Gasteiger partial charge on any atom is -0.392 e. The summed E-state index contributed by atoms with van der Waals surface area (Å²) < 4.78 is 0. The van der Waals surface area contributed by atoms with Crippen LogP contribution in [-0.2, 0) is 17.9 Å². The number of nitrogens with two attached hydrogens (primary N) is 1. The fraction of sp³-hybridized carbons (Fsp3) is 0.417. The van der Waals surface area contributed by atoms with Crippen LogP contribution in [0.5, 0.6) is 0 Å². The number of nitrogens with one attached hydrogen (secondary N) is 1. The molecule has 0 aliphatic rings. The standard InChI is InChI=1S/C12H18N2O2.ClH/c13-6-2-5-12(16)14-8-10-3-1-4-11(7-10)9-15;/h1,3-4,7,15H,2,5-6,8-9,13H2,(H,14,16);1H. The number of halogens is 1. The number of aliphatic hydroxyl groups is 1. The average Bonchev–Trinajstić information content (AvgIpc) is 2.34. The van der Waals surface area contributed by atoms with Gasteiger partial charge in [-0.25, -0.2) is 0 Å². The van der Waals surface area contributed by atoms with Crippen LogP contribution in [0.15, 0.2) is 24.3 Å². The van der Waals surface area contributed by atoms with Gasteiger partial charge < -0.3 is 16.2 Å². The molecule has 5 heteroatoms. The molecule has 0 heterocycles. The predicted octanol–water partition coefficient (Wildman–Crippen LogP) is 0.956. The number of rotatable bonds is 6. The van der Waals surface area contributed by atoms with E-state index in [0.29, 0.717) is 25.9 Å². The molecular weight excluding hydrogens is 240 g/mol. The van der Waals surface area contributed by atoms with Crippen LogP contribution in [-0.4, -0.2) is 17.6 Å². The van der Waals surface area contributed by atoms with Crippen LogP contribution in [0.2, 0.25) is 0 Å². The van der Waals surface area contributed by atoms with Gasteiger partial charge >= 0.3 is 0 Å². The summed E-state index contributed by atoms with van der Waals surface area (Å²) in [5.41, 5.74) is 7.16. The summed E-state index contributed by atoms with van der Waals surface area (Å²) >= 11 is 0. The first-order chi connectivity index (χ1) is 7.76. The van der Waals surface area contributed by atoms with Gasteiger partial charge in [0.05, 0.1) is 6.61 Å². The van der Waals surface area contributed by atoms with E-state index in [1.807, 2.05) is 24.3 Å². The second-order valence-electron chi connectivity index (χ2n) is 3.65. The van der Waals surface area contributed by atoms with Crippen molar-refractivity contribution in [1.82, 2.24) is 5.32 Å². The lowest BCUT2D eigenvalue weighted by molar-refractivity contribution is -0.121. The molecule has 0 atom stereocenters. The molecule has 0 aliphatic heterocycles. The molecule has 1 aromatic rings. The molecule has 4 nitrogen and oxygen atoms in total. The Labute approximate surface area is 108 Å². The maximum Gasteiger partial charge on any atom is 0.220 e. The van der Waals surface area contributed by atoms with Crippen LogP contribution in [0.1, 0.15) is 24.0 Å². The van der Waals surface area contributed by atoms with E-state index in [1.165, 1.54) is 0 Å². The second-order valence-corrected chi connectivity index (χ2v) is 3.65. The third kappa shape index (κ3) is 6.26. The number of amides is 1. The number of hydrogen-bond donors (Lipinski definition) is 3. The fourth-order valence-corrected chi connectivity index (χ4v) is 1.39. The summed E-state index contributed by atoms with van der Waals surface area (Å²) in [4.78, 5) is 11.3. The quantitative estimate of drug-likeness (QED) is 0.711. The molecule has 0 aromatic heterocycles. The highest BCUT2D eigenvalue weighted by atomic mass is 35.5. The van der Waals surface area contributed by atoms with Crippen LogP contribution in [0, 0.1) is 0 Å². The predicted molar refractivity (Wildman–Crippen MR) is 69.7 cm³/mol. The van der Waals surface area contributed by atoms with Gasteiger partial charge in [-0.3, -0.25) is 4.79 Å². The molecule has 0 spiro atoms. The smallest absolute Gasteiger partial charge is 0.220 e. The van der Waals surface area contributed by atoms with Gasteiger partial charge in [0.15, 0.2) is 0 Å². The fourth-order valence-electron chi connectivity index (χ4n) is 1.39. The Balaban J connectivity index is 0.00000256. The highest BCUT2D eigenvalue weighted by Crippen LogP contribution is 2.04. The van der Waals surface area contributed by atoms with Gasteiger partial charge in [-0.05, 0) is 24.1 Å². The highest BCUT2D eigenvalue weighted by Gasteiger charge is 2.00. The summed E-state index contributed by atoms with van der Waals surface area (Å²) in [7, 11) is 0. The van der Waals surface area contributed by atoms with Crippen LogP contribution >= 0.6 is 12.4 Å². The Hall–Kier alpha value is -1.10. The second kappa shape index (κ2) is 8.98. The van der Waals surface area contributed by atoms with E-state index in [9.17, 15) is 4.79 Å². The molecule has 0 radical (unpaired) electrons. The van der Waals surface area contributed by atoms with Gasteiger partial charge in [-0.2, -0.15) is 0 Å². The van der Waals surface area contributed by atoms with Crippen molar-refractivity contribution >= 4 is 18.3 Å². The number of benzene rings is 1. The molecule has 0 saturated carbocycles. The Bertz CT molecular complexity index is 345. The van der Waals surface area contributed by atoms with E-state index in [0.717, 1.165) is 11.1 Å². The minimum absolute atomic E-state index is 0.